The van der Waals surface area contributed by atoms with Crippen LogP contribution in [-0.2, 0) is 32.4 Å². The van der Waals surface area contributed by atoms with Gasteiger partial charge in [0.15, 0.2) is 0 Å². The van der Waals surface area contributed by atoms with Crippen LogP contribution in [-0.4, -0.2) is 44.8 Å². The van der Waals surface area contributed by atoms with Crippen LogP contribution in [0.4, 0.5) is 9.39 Å². The van der Waals surface area contributed by atoms with Crippen molar-refractivity contribution in [3.8, 4) is 0 Å². The Hall–Kier alpha value is -2.30. The molecule has 31 heavy (non-hydrogen) atoms. The Kier molecular flexibility index (Phi) is 7.13. The molecule has 1 aromatic carbocycles. The number of carbonyl (C=O) groups excluding carboxylic acids is 2. The number of esters is 1. The van der Waals surface area contributed by atoms with Crippen molar-refractivity contribution < 1.29 is 27.1 Å². The molecule has 1 N–H and O–H groups in total. The summed E-state index contributed by atoms with van der Waals surface area (Å²) in [6, 6.07) is 4.38. The van der Waals surface area contributed by atoms with Crippen molar-refractivity contribution >= 4 is 38.2 Å². The molecule has 0 bridgehead atoms. The van der Waals surface area contributed by atoms with Crippen molar-refractivity contribution in [1.29, 1.82) is 0 Å². The van der Waals surface area contributed by atoms with Gasteiger partial charge >= 0.3 is 5.97 Å². The maximum absolute atomic E-state index is 13.1. The largest absolute Gasteiger partial charge is 0.462 e. The van der Waals surface area contributed by atoms with Gasteiger partial charge in [0, 0.05) is 11.9 Å². The Morgan fingerprint density at radius 2 is 1.97 bits per heavy atom. The van der Waals surface area contributed by atoms with Crippen LogP contribution in [0.25, 0.3) is 0 Å². The highest BCUT2D eigenvalue weighted by Gasteiger charge is 2.30. The maximum atomic E-state index is 13.1. The monoisotopic (exact) mass is 468 g/mol. The van der Waals surface area contributed by atoms with Crippen molar-refractivity contribution in [2.75, 3.05) is 25.5 Å². The predicted octanol–water partition coefficient (Wildman–Crippen LogP) is 3.45. The van der Waals surface area contributed by atoms with Crippen molar-refractivity contribution in [1.82, 2.24) is 4.31 Å². The number of rotatable bonds is 7. The fourth-order valence-corrected chi connectivity index (χ4v) is 6.04. The summed E-state index contributed by atoms with van der Waals surface area (Å²) < 4.78 is 44.4. The van der Waals surface area contributed by atoms with Gasteiger partial charge in [-0.25, -0.2) is 17.6 Å². The first-order valence-corrected chi connectivity index (χ1v) is 12.2. The lowest BCUT2D eigenvalue weighted by molar-refractivity contribution is -0.116. The van der Waals surface area contributed by atoms with Crippen LogP contribution in [0.1, 0.15) is 41.1 Å². The normalized spacial score (nSPS) is 16.1. The van der Waals surface area contributed by atoms with E-state index in [1.165, 1.54) is 18.4 Å². The molecule has 0 radical (unpaired) electrons. The minimum atomic E-state index is -3.97. The second kappa shape index (κ2) is 9.46. The minimum Gasteiger partial charge on any atom is -0.462 e. The first-order chi connectivity index (χ1) is 14.6. The van der Waals surface area contributed by atoms with Crippen LogP contribution in [0, 0.1) is 11.7 Å². The van der Waals surface area contributed by atoms with Gasteiger partial charge in [0.05, 0.1) is 23.6 Å². The molecule has 0 spiro atoms. The summed E-state index contributed by atoms with van der Waals surface area (Å²) in [5, 5.41) is 3.08. The molecule has 0 saturated heterocycles. The van der Waals surface area contributed by atoms with Gasteiger partial charge in [-0.1, -0.05) is 6.92 Å². The molecule has 1 amide bonds. The van der Waals surface area contributed by atoms with Gasteiger partial charge in [-0.05, 0) is 61.9 Å². The number of nitrogens with zero attached hydrogens (tertiary/aromatic N) is 1. The number of ether oxygens (including phenoxy) is 1. The molecule has 1 aromatic heterocycles. The van der Waals surface area contributed by atoms with Crippen LogP contribution in [0.15, 0.2) is 29.2 Å². The van der Waals surface area contributed by atoms with E-state index < -0.39 is 34.3 Å². The predicted molar refractivity (Wildman–Crippen MR) is 116 cm³/mol. The second-order valence-electron chi connectivity index (χ2n) is 7.54. The molecule has 3 rings (SSSR count). The van der Waals surface area contributed by atoms with Crippen LogP contribution < -0.4 is 5.32 Å². The molecule has 0 aliphatic heterocycles. The van der Waals surface area contributed by atoms with Crippen molar-refractivity contribution in [2.45, 2.75) is 38.0 Å². The molecule has 1 aliphatic carbocycles. The zero-order chi connectivity index (χ0) is 22.8. The molecule has 7 nitrogen and oxygen atoms in total. The van der Waals surface area contributed by atoms with Crippen LogP contribution in [0.3, 0.4) is 0 Å². The third kappa shape index (κ3) is 5.13. The third-order valence-electron chi connectivity index (χ3n) is 5.13. The number of amides is 1. The lowest BCUT2D eigenvalue weighted by atomic mass is 9.88. The summed E-state index contributed by atoms with van der Waals surface area (Å²) >= 11 is 1.34. The van der Waals surface area contributed by atoms with E-state index in [0.29, 0.717) is 16.5 Å². The summed E-state index contributed by atoms with van der Waals surface area (Å²) in [4.78, 5) is 26.1. The van der Waals surface area contributed by atoms with Gasteiger partial charge in [0.1, 0.15) is 10.8 Å². The molecule has 1 heterocycles. The van der Waals surface area contributed by atoms with E-state index in [1.54, 1.807) is 6.92 Å². The first kappa shape index (κ1) is 23.4. The highest BCUT2D eigenvalue weighted by atomic mass is 32.2. The zero-order valence-corrected chi connectivity index (χ0v) is 19.2. The molecule has 10 heteroatoms. The molecular weight excluding hydrogens is 443 g/mol. The Bertz CT molecular complexity index is 1080. The summed E-state index contributed by atoms with van der Waals surface area (Å²) in [6.07, 6.45) is 2.50. The van der Waals surface area contributed by atoms with Gasteiger partial charge in [0.2, 0.25) is 15.9 Å². The van der Waals surface area contributed by atoms with Gasteiger partial charge in [-0.3, -0.25) is 4.79 Å². The van der Waals surface area contributed by atoms with E-state index in [0.717, 1.165) is 58.3 Å². The Balaban J connectivity index is 1.79. The topological polar surface area (TPSA) is 92.8 Å². The van der Waals surface area contributed by atoms with Crippen molar-refractivity contribution in [3.05, 3.63) is 46.1 Å². The zero-order valence-electron chi connectivity index (χ0n) is 17.6. The van der Waals surface area contributed by atoms with Gasteiger partial charge in [0.25, 0.3) is 0 Å². The Labute approximate surface area is 185 Å². The standard InChI is InChI=1S/C21H25FN2O5S2/c1-4-29-21(26)19-16-10-5-13(2)11-17(16)30-20(19)23-18(25)12-24(3)31(27,28)15-8-6-14(22)7-9-15/h6-9,13H,4-5,10-12H2,1-3H3,(H,23,25)/t13-/m1/s1. The molecule has 0 unspecified atom stereocenters. The fraction of sp³-hybridized carbons (Fsp3) is 0.429. The lowest BCUT2D eigenvalue weighted by Crippen LogP contribution is -2.35. The van der Waals surface area contributed by atoms with Gasteiger partial charge in [-0.15, -0.1) is 11.3 Å². The summed E-state index contributed by atoms with van der Waals surface area (Å²) in [7, 11) is -2.70. The van der Waals surface area contributed by atoms with Crippen LogP contribution in [0.2, 0.25) is 0 Å². The van der Waals surface area contributed by atoms with Gasteiger partial charge < -0.3 is 10.1 Å². The molecule has 168 valence electrons. The molecular formula is C21H25FN2O5S2. The van der Waals surface area contributed by atoms with Gasteiger partial charge in [-0.2, -0.15) is 4.31 Å². The second-order valence-corrected chi connectivity index (χ2v) is 10.7. The number of sulfonamides is 1. The van der Waals surface area contributed by atoms with E-state index >= 15 is 0 Å². The first-order valence-electron chi connectivity index (χ1n) is 9.96. The Morgan fingerprint density at radius 1 is 1.29 bits per heavy atom. The average molecular weight is 469 g/mol. The molecule has 2 aromatic rings. The quantitative estimate of drug-likeness (QED) is 0.629. The highest BCUT2D eigenvalue weighted by molar-refractivity contribution is 7.89. The van der Waals surface area contributed by atoms with E-state index in [4.69, 9.17) is 4.74 Å². The number of hydrogen-bond acceptors (Lipinski definition) is 6. The summed E-state index contributed by atoms with van der Waals surface area (Å²) in [6.45, 7) is 3.61. The van der Waals surface area contributed by atoms with E-state index in [9.17, 15) is 22.4 Å². The number of likely N-dealkylation sites (N-methyl/N-ethyl adjacent to an activating group) is 1. The number of benzene rings is 1. The van der Waals surface area contributed by atoms with E-state index in [-0.39, 0.29) is 11.5 Å². The summed E-state index contributed by atoms with van der Waals surface area (Å²) in [5.74, 6) is -1.14. The molecule has 0 fully saturated rings. The van der Waals surface area contributed by atoms with Crippen molar-refractivity contribution in [3.63, 3.8) is 0 Å². The molecule has 0 saturated carbocycles. The SMILES string of the molecule is CCOC(=O)c1c(NC(=O)CN(C)S(=O)(=O)c2ccc(F)cc2)sc2c1CC[C@@H](C)C2. The number of hydrogen-bond donors (Lipinski definition) is 1. The number of carbonyl (C=O) groups is 2. The number of thiophene rings is 1. The average Bonchev–Trinajstić information content (AvgIpc) is 3.05. The van der Waals surface area contributed by atoms with Crippen LogP contribution >= 0.6 is 11.3 Å². The highest BCUT2D eigenvalue weighted by Crippen LogP contribution is 2.40. The number of anilines is 1. The summed E-state index contributed by atoms with van der Waals surface area (Å²) in [5.41, 5.74) is 1.27. The Morgan fingerprint density at radius 3 is 2.61 bits per heavy atom. The van der Waals surface area contributed by atoms with E-state index in [1.807, 2.05) is 0 Å². The third-order valence-corrected chi connectivity index (χ3v) is 8.12. The van der Waals surface area contributed by atoms with Crippen molar-refractivity contribution in [2.24, 2.45) is 5.92 Å². The molecule has 1 atom stereocenters. The number of nitrogens with one attached hydrogen (secondary N) is 1. The van der Waals surface area contributed by atoms with Crippen LogP contribution in [0.5, 0.6) is 0 Å². The maximum Gasteiger partial charge on any atom is 0.341 e. The fourth-order valence-electron chi connectivity index (χ4n) is 3.50. The minimum absolute atomic E-state index is 0.114. The number of halogens is 1. The lowest BCUT2D eigenvalue weighted by Gasteiger charge is -2.18. The van der Waals surface area contributed by atoms with E-state index in [2.05, 4.69) is 12.2 Å². The molecule has 1 aliphatic rings. The number of fused-ring (bicyclic) bond motifs is 1. The smallest absolute Gasteiger partial charge is 0.341 e.